The van der Waals surface area contributed by atoms with Crippen molar-refractivity contribution in [3.8, 4) is 0 Å². The van der Waals surface area contributed by atoms with Crippen molar-refractivity contribution in [3.63, 3.8) is 0 Å². The molecule has 0 unspecified atom stereocenters. The van der Waals surface area contributed by atoms with Gasteiger partial charge in [-0.2, -0.15) is 0 Å². The number of thiol groups is 1. The van der Waals surface area contributed by atoms with E-state index in [1.165, 1.54) is 32.1 Å². The smallest absolute Gasteiger partial charge is 0.364 e. The average molecular weight is 226 g/mol. The van der Waals surface area contributed by atoms with Gasteiger partial charge in [-0.3, -0.25) is 0 Å². The van der Waals surface area contributed by atoms with Crippen molar-refractivity contribution in [1.29, 1.82) is 0 Å². The lowest BCUT2D eigenvalue weighted by Gasteiger charge is -2.58. The highest BCUT2D eigenvalue weighted by molar-refractivity contribution is 7.96. The fourth-order valence-electron chi connectivity index (χ4n) is 4.47. The number of carbonyl (C=O) groups excluding carboxylic acids is 1. The van der Waals surface area contributed by atoms with E-state index in [-0.39, 0.29) is 5.60 Å². The molecule has 3 heteroatoms. The summed E-state index contributed by atoms with van der Waals surface area (Å²) in [4.78, 5) is 11.1. The topological polar surface area (TPSA) is 26.3 Å². The first-order valence-corrected chi connectivity index (χ1v) is 6.44. The largest absolute Gasteiger partial charge is 0.451 e. The Bertz CT molecular complexity index is 272. The zero-order valence-corrected chi connectivity index (χ0v) is 10.0. The van der Waals surface area contributed by atoms with Gasteiger partial charge >= 0.3 is 5.30 Å². The monoisotopic (exact) mass is 226 g/mol. The summed E-state index contributed by atoms with van der Waals surface area (Å²) in [5.41, 5.74) is -0.202. The molecule has 4 fully saturated rings. The quantitative estimate of drug-likeness (QED) is 0.548. The molecule has 0 aromatic rings. The van der Waals surface area contributed by atoms with E-state index < -0.39 is 5.30 Å². The van der Waals surface area contributed by atoms with Crippen LogP contribution >= 0.6 is 12.6 Å². The second-order valence-corrected chi connectivity index (χ2v) is 6.22. The summed E-state index contributed by atoms with van der Waals surface area (Å²) in [6, 6.07) is 0. The van der Waals surface area contributed by atoms with Crippen molar-refractivity contribution in [2.45, 2.75) is 44.6 Å². The molecule has 2 nitrogen and oxygen atoms in total. The van der Waals surface area contributed by atoms with Crippen molar-refractivity contribution in [1.82, 2.24) is 0 Å². The molecule has 4 rings (SSSR count). The van der Waals surface area contributed by atoms with E-state index in [4.69, 9.17) is 4.74 Å². The fourth-order valence-corrected chi connectivity index (χ4v) is 4.67. The predicted molar refractivity (Wildman–Crippen MR) is 60.9 cm³/mol. The third kappa shape index (κ3) is 1.42. The molecule has 0 saturated heterocycles. The molecule has 0 radical (unpaired) electrons. The maximum absolute atomic E-state index is 11.1. The van der Waals surface area contributed by atoms with Crippen LogP contribution in [0.1, 0.15) is 39.0 Å². The number of carbonyl (C=O) groups is 1. The highest BCUT2D eigenvalue weighted by Gasteiger charge is 2.56. The minimum Gasteiger partial charge on any atom is -0.451 e. The molecule has 0 spiro atoms. The Kier molecular flexibility index (Phi) is 2.11. The van der Waals surface area contributed by atoms with E-state index in [0.29, 0.717) is 11.8 Å². The number of ether oxygens (including phenoxy) is 1. The fraction of sp³-hybridized carbons (Fsp3) is 0.917. The van der Waals surface area contributed by atoms with Crippen LogP contribution in [0.15, 0.2) is 0 Å². The first kappa shape index (κ1) is 10.0. The Morgan fingerprint density at radius 2 is 1.60 bits per heavy atom. The molecule has 4 aliphatic carbocycles. The molecule has 15 heavy (non-hydrogen) atoms. The zero-order valence-electron chi connectivity index (χ0n) is 9.11. The molecule has 0 heterocycles. The number of hydrogen-bond donors (Lipinski definition) is 1. The minimum atomic E-state index is -0.398. The van der Waals surface area contributed by atoms with Gasteiger partial charge < -0.3 is 4.74 Å². The predicted octanol–water partition coefficient (Wildman–Crippen LogP) is 3.27. The first-order chi connectivity index (χ1) is 7.08. The van der Waals surface area contributed by atoms with Crippen molar-refractivity contribution < 1.29 is 9.53 Å². The van der Waals surface area contributed by atoms with Crippen LogP contribution < -0.4 is 0 Å². The van der Waals surface area contributed by atoms with Gasteiger partial charge in [-0.05, 0) is 62.7 Å². The van der Waals surface area contributed by atoms with Gasteiger partial charge in [0.15, 0.2) is 0 Å². The van der Waals surface area contributed by atoms with E-state index in [1.807, 2.05) is 0 Å². The summed E-state index contributed by atoms with van der Waals surface area (Å²) in [6.07, 6.45) is 6.50. The maximum atomic E-state index is 11.1. The summed E-state index contributed by atoms with van der Waals surface area (Å²) < 4.78 is 5.54. The molecule has 0 N–H and O–H groups in total. The summed E-state index contributed by atoms with van der Waals surface area (Å²) in [5, 5.41) is -0.398. The Balaban J connectivity index is 1.87. The second-order valence-electron chi connectivity index (χ2n) is 5.86. The van der Waals surface area contributed by atoms with E-state index in [1.54, 1.807) is 0 Å². The van der Waals surface area contributed by atoms with Gasteiger partial charge in [-0.25, -0.2) is 4.79 Å². The second kappa shape index (κ2) is 3.16. The van der Waals surface area contributed by atoms with Crippen LogP contribution in [0.2, 0.25) is 0 Å². The van der Waals surface area contributed by atoms with Crippen molar-refractivity contribution >= 4 is 17.9 Å². The average Bonchev–Trinajstić information content (AvgIpc) is 2.12. The minimum absolute atomic E-state index is 0.202. The van der Waals surface area contributed by atoms with Crippen LogP contribution in [-0.2, 0) is 4.74 Å². The van der Waals surface area contributed by atoms with Gasteiger partial charge in [-0.1, -0.05) is 12.6 Å². The standard InChI is InChI=1S/C12H18O2S/c1-12(14-11(13)15)9-3-7-2-8(5-9)6-10(12)4-7/h7-10H,2-6H2,1H3,(H,13,15). The van der Waals surface area contributed by atoms with Gasteiger partial charge in [0.1, 0.15) is 5.60 Å². The van der Waals surface area contributed by atoms with Crippen LogP contribution in [0.5, 0.6) is 0 Å². The SMILES string of the molecule is CC1(OC(=O)S)C2CC3CC(C2)CC1C3. The summed E-state index contributed by atoms with van der Waals surface area (Å²) in [6.45, 7) is 2.13. The normalized spacial score (nSPS) is 51.9. The highest BCUT2D eigenvalue weighted by atomic mass is 32.1. The molecule has 4 bridgehead atoms. The molecular formula is C12H18O2S. The number of hydrogen-bond acceptors (Lipinski definition) is 2. The Hall–Kier alpha value is -0.180. The lowest BCUT2D eigenvalue weighted by molar-refractivity contribution is -0.157. The summed E-state index contributed by atoms with van der Waals surface area (Å²) >= 11 is 3.78. The Morgan fingerprint density at radius 3 is 2.00 bits per heavy atom. The van der Waals surface area contributed by atoms with Crippen molar-refractivity contribution in [2.75, 3.05) is 0 Å². The third-order valence-corrected chi connectivity index (χ3v) is 5.16. The first-order valence-electron chi connectivity index (χ1n) is 6.00. The molecular weight excluding hydrogens is 208 g/mol. The molecule has 0 amide bonds. The van der Waals surface area contributed by atoms with Gasteiger partial charge in [-0.15, -0.1) is 0 Å². The van der Waals surface area contributed by atoms with Gasteiger partial charge in [0.2, 0.25) is 0 Å². The van der Waals surface area contributed by atoms with Gasteiger partial charge in [0, 0.05) is 0 Å². The van der Waals surface area contributed by atoms with Crippen molar-refractivity contribution in [3.05, 3.63) is 0 Å². The van der Waals surface area contributed by atoms with E-state index >= 15 is 0 Å². The van der Waals surface area contributed by atoms with Crippen LogP contribution in [0.25, 0.3) is 0 Å². The van der Waals surface area contributed by atoms with E-state index in [0.717, 1.165) is 11.8 Å². The molecule has 4 aliphatic rings. The molecule has 0 aliphatic heterocycles. The Labute approximate surface area is 96.2 Å². The highest BCUT2D eigenvalue weighted by Crippen LogP contribution is 2.59. The van der Waals surface area contributed by atoms with E-state index in [9.17, 15) is 4.79 Å². The maximum Gasteiger partial charge on any atom is 0.364 e. The summed E-state index contributed by atoms with van der Waals surface area (Å²) in [7, 11) is 0. The summed E-state index contributed by atoms with van der Waals surface area (Å²) in [5.74, 6) is 3.04. The van der Waals surface area contributed by atoms with Crippen LogP contribution in [0, 0.1) is 23.7 Å². The van der Waals surface area contributed by atoms with E-state index in [2.05, 4.69) is 19.6 Å². The van der Waals surface area contributed by atoms with Crippen LogP contribution in [-0.4, -0.2) is 10.9 Å². The lowest BCUT2D eigenvalue weighted by Crippen LogP contribution is -2.57. The zero-order chi connectivity index (χ0) is 10.6. The van der Waals surface area contributed by atoms with Crippen molar-refractivity contribution in [2.24, 2.45) is 23.7 Å². The molecule has 0 aromatic carbocycles. The number of rotatable bonds is 1. The third-order valence-electron chi connectivity index (χ3n) is 5.07. The molecule has 84 valence electrons. The molecule has 0 aromatic heterocycles. The van der Waals surface area contributed by atoms with Gasteiger partial charge in [0.05, 0.1) is 0 Å². The molecule has 4 saturated carbocycles. The Morgan fingerprint density at radius 1 is 1.13 bits per heavy atom. The van der Waals surface area contributed by atoms with Crippen LogP contribution in [0.4, 0.5) is 4.79 Å². The van der Waals surface area contributed by atoms with Crippen LogP contribution in [0.3, 0.4) is 0 Å². The van der Waals surface area contributed by atoms with Gasteiger partial charge in [0.25, 0.3) is 0 Å². The molecule has 0 atom stereocenters. The lowest BCUT2D eigenvalue weighted by atomic mass is 9.50.